The van der Waals surface area contributed by atoms with Crippen molar-refractivity contribution >= 4 is 23.2 Å². The number of aryl methyl sites for hydroxylation is 1. The molecule has 0 unspecified atom stereocenters. The van der Waals surface area contributed by atoms with E-state index in [0.717, 1.165) is 5.69 Å². The van der Waals surface area contributed by atoms with Gasteiger partial charge in [-0.25, -0.2) is 0 Å². The van der Waals surface area contributed by atoms with Crippen molar-refractivity contribution in [2.45, 2.75) is 45.2 Å². The molecule has 2 N–H and O–H groups in total. The Hall–Kier alpha value is -2.66. The highest BCUT2D eigenvalue weighted by Gasteiger charge is 2.43. The number of carbonyl (C=O) groups is 2. The Morgan fingerprint density at radius 2 is 1.86 bits per heavy atom. The molecule has 1 atom stereocenters. The molecule has 0 radical (unpaired) electrons. The number of anilines is 2. The Balaban J connectivity index is 1.55. The van der Waals surface area contributed by atoms with E-state index in [1.165, 1.54) is 24.0 Å². The second-order valence-corrected chi connectivity index (χ2v) is 8.37. The van der Waals surface area contributed by atoms with Gasteiger partial charge in [-0.2, -0.15) is 0 Å². The number of rotatable bonds is 5. The number of benzene rings is 2. The van der Waals surface area contributed by atoms with Crippen LogP contribution in [0.2, 0.25) is 0 Å². The molecule has 4 rings (SSSR count). The summed E-state index contributed by atoms with van der Waals surface area (Å²) in [5.41, 5.74) is 2.94. The molecule has 0 bridgehead atoms. The number of para-hydroxylation sites is 2. The summed E-state index contributed by atoms with van der Waals surface area (Å²) in [6, 6.07) is 16.1. The Labute approximate surface area is 166 Å². The van der Waals surface area contributed by atoms with Crippen LogP contribution in [0.1, 0.15) is 43.9 Å². The first-order valence-electron chi connectivity index (χ1n) is 9.91. The number of amides is 2. The molecule has 146 valence electrons. The third kappa shape index (κ3) is 3.42. The van der Waals surface area contributed by atoms with E-state index in [1.54, 1.807) is 18.7 Å². The third-order valence-corrected chi connectivity index (χ3v) is 5.76. The summed E-state index contributed by atoms with van der Waals surface area (Å²) in [6.45, 7) is 5.84. The van der Waals surface area contributed by atoms with Crippen LogP contribution in [-0.2, 0) is 9.59 Å². The second-order valence-electron chi connectivity index (χ2n) is 8.37. The molecule has 1 aliphatic heterocycles. The monoisotopic (exact) mass is 377 g/mol. The molecule has 0 spiro atoms. The molecule has 5 heteroatoms. The summed E-state index contributed by atoms with van der Waals surface area (Å²) in [6.07, 6.45) is 2.36. The zero-order valence-electron chi connectivity index (χ0n) is 16.7. The second kappa shape index (κ2) is 7.06. The van der Waals surface area contributed by atoms with Gasteiger partial charge in [0.1, 0.15) is 5.54 Å². The van der Waals surface area contributed by atoms with Gasteiger partial charge in [-0.3, -0.25) is 14.5 Å². The van der Waals surface area contributed by atoms with E-state index in [9.17, 15) is 9.59 Å². The number of nitrogens with one attached hydrogen (secondary N) is 2. The van der Waals surface area contributed by atoms with Crippen molar-refractivity contribution in [3.05, 3.63) is 59.7 Å². The van der Waals surface area contributed by atoms with E-state index < -0.39 is 5.54 Å². The molecular weight excluding hydrogens is 350 g/mol. The summed E-state index contributed by atoms with van der Waals surface area (Å²) < 4.78 is 0. The zero-order valence-corrected chi connectivity index (χ0v) is 16.7. The van der Waals surface area contributed by atoms with E-state index >= 15 is 0 Å². The molecule has 2 amide bonds. The van der Waals surface area contributed by atoms with Crippen LogP contribution in [0.15, 0.2) is 48.5 Å². The number of fused-ring (bicyclic) bond motifs is 1. The smallest absolute Gasteiger partial charge is 0.250 e. The third-order valence-electron chi connectivity index (χ3n) is 5.76. The van der Waals surface area contributed by atoms with E-state index in [2.05, 4.69) is 41.8 Å². The molecule has 2 aromatic carbocycles. The van der Waals surface area contributed by atoms with Gasteiger partial charge in [-0.1, -0.05) is 42.0 Å². The summed E-state index contributed by atoms with van der Waals surface area (Å²) in [5, 5.41) is 6.38. The molecule has 5 nitrogen and oxygen atoms in total. The molecule has 1 aliphatic carbocycles. The van der Waals surface area contributed by atoms with Gasteiger partial charge >= 0.3 is 0 Å². The quantitative estimate of drug-likeness (QED) is 0.833. The lowest BCUT2D eigenvalue weighted by atomic mass is 9.96. The topological polar surface area (TPSA) is 61.4 Å². The SMILES string of the molecule is Cc1ccc([C@H](NCC(=O)N2c3ccccc3NC(=O)C2(C)C)C2CC2)cc1. The molecule has 0 saturated heterocycles. The molecule has 2 aromatic rings. The number of hydrogen-bond donors (Lipinski definition) is 2. The van der Waals surface area contributed by atoms with E-state index in [1.807, 2.05) is 24.3 Å². The lowest BCUT2D eigenvalue weighted by molar-refractivity contribution is -0.126. The van der Waals surface area contributed by atoms with Crippen LogP contribution in [0.3, 0.4) is 0 Å². The highest BCUT2D eigenvalue weighted by molar-refractivity contribution is 6.14. The normalized spacial score (nSPS) is 19.0. The van der Waals surface area contributed by atoms with Gasteiger partial charge in [-0.05, 0) is 57.2 Å². The maximum absolute atomic E-state index is 13.2. The average Bonchev–Trinajstić information content (AvgIpc) is 3.49. The van der Waals surface area contributed by atoms with Crippen molar-refractivity contribution in [2.75, 3.05) is 16.8 Å². The first-order valence-corrected chi connectivity index (χ1v) is 9.91. The van der Waals surface area contributed by atoms with Crippen LogP contribution in [-0.4, -0.2) is 23.9 Å². The largest absolute Gasteiger partial charge is 0.322 e. The van der Waals surface area contributed by atoms with Gasteiger partial charge in [0, 0.05) is 6.04 Å². The fraction of sp³-hybridized carbons (Fsp3) is 0.391. The van der Waals surface area contributed by atoms with Gasteiger partial charge in [0.05, 0.1) is 17.9 Å². The minimum atomic E-state index is -0.938. The van der Waals surface area contributed by atoms with Crippen LogP contribution < -0.4 is 15.5 Å². The van der Waals surface area contributed by atoms with Crippen LogP contribution >= 0.6 is 0 Å². The first-order chi connectivity index (χ1) is 13.4. The van der Waals surface area contributed by atoms with E-state index in [0.29, 0.717) is 11.6 Å². The minimum Gasteiger partial charge on any atom is -0.322 e. The summed E-state index contributed by atoms with van der Waals surface area (Å²) in [7, 11) is 0. The standard InChI is InChI=1S/C23H27N3O2/c1-15-8-10-16(11-9-15)21(17-12-13-17)24-14-20(27)26-19-7-5-4-6-18(19)25-22(28)23(26,2)3/h4-11,17,21,24H,12-14H2,1-3H3,(H,25,28)/t21-/m0/s1. The Kier molecular flexibility index (Phi) is 4.71. The molecule has 1 fully saturated rings. The van der Waals surface area contributed by atoms with Gasteiger partial charge in [0.25, 0.3) is 0 Å². The Morgan fingerprint density at radius 3 is 2.54 bits per heavy atom. The predicted octanol–water partition coefficient (Wildman–Crippen LogP) is 3.80. The number of carbonyl (C=O) groups excluding carboxylic acids is 2. The fourth-order valence-electron chi connectivity index (χ4n) is 3.93. The molecular formula is C23H27N3O2. The van der Waals surface area contributed by atoms with Gasteiger partial charge in [-0.15, -0.1) is 0 Å². The zero-order chi connectivity index (χ0) is 19.9. The van der Waals surface area contributed by atoms with E-state index in [4.69, 9.17) is 0 Å². The lowest BCUT2D eigenvalue weighted by Crippen LogP contribution is -2.60. The van der Waals surface area contributed by atoms with Crippen molar-refractivity contribution in [3.63, 3.8) is 0 Å². The fourth-order valence-corrected chi connectivity index (χ4v) is 3.93. The van der Waals surface area contributed by atoms with Crippen molar-refractivity contribution in [1.82, 2.24) is 5.32 Å². The summed E-state index contributed by atoms with van der Waals surface area (Å²) >= 11 is 0. The lowest BCUT2D eigenvalue weighted by Gasteiger charge is -2.42. The van der Waals surface area contributed by atoms with Gasteiger partial charge in [0.15, 0.2) is 0 Å². The first kappa shape index (κ1) is 18.7. The molecule has 1 saturated carbocycles. The Morgan fingerprint density at radius 1 is 1.18 bits per heavy atom. The number of nitrogens with zero attached hydrogens (tertiary/aromatic N) is 1. The molecule has 2 aliphatic rings. The van der Waals surface area contributed by atoms with Crippen LogP contribution in [0, 0.1) is 12.8 Å². The summed E-state index contributed by atoms with van der Waals surface area (Å²) in [4.78, 5) is 27.4. The number of hydrogen-bond acceptors (Lipinski definition) is 3. The maximum atomic E-state index is 13.2. The Bertz CT molecular complexity index is 900. The molecule has 28 heavy (non-hydrogen) atoms. The highest BCUT2D eigenvalue weighted by Crippen LogP contribution is 2.41. The van der Waals surface area contributed by atoms with Crippen molar-refractivity contribution in [3.8, 4) is 0 Å². The van der Waals surface area contributed by atoms with Crippen molar-refractivity contribution in [2.24, 2.45) is 5.92 Å². The van der Waals surface area contributed by atoms with Gasteiger partial charge < -0.3 is 10.6 Å². The van der Waals surface area contributed by atoms with Crippen LogP contribution in [0.5, 0.6) is 0 Å². The minimum absolute atomic E-state index is 0.0925. The van der Waals surface area contributed by atoms with Crippen molar-refractivity contribution < 1.29 is 9.59 Å². The summed E-state index contributed by atoms with van der Waals surface area (Å²) in [5.74, 6) is 0.308. The molecule has 0 aromatic heterocycles. The van der Waals surface area contributed by atoms with Crippen LogP contribution in [0.25, 0.3) is 0 Å². The van der Waals surface area contributed by atoms with E-state index in [-0.39, 0.29) is 24.4 Å². The maximum Gasteiger partial charge on any atom is 0.250 e. The predicted molar refractivity (Wildman–Crippen MR) is 111 cm³/mol. The molecule has 1 heterocycles. The van der Waals surface area contributed by atoms with Crippen molar-refractivity contribution in [1.29, 1.82) is 0 Å². The highest BCUT2D eigenvalue weighted by atomic mass is 16.2. The van der Waals surface area contributed by atoms with Gasteiger partial charge in [0.2, 0.25) is 11.8 Å². The average molecular weight is 377 g/mol. The van der Waals surface area contributed by atoms with Crippen LogP contribution in [0.4, 0.5) is 11.4 Å².